The van der Waals surface area contributed by atoms with Gasteiger partial charge in [0.05, 0.1) is 34.5 Å². The monoisotopic (exact) mass is 540 g/mol. The van der Waals surface area contributed by atoms with E-state index in [1.165, 1.54) is 12.1 Å². The van der Waals surface area contributed by atoms with E-state index in [0.29, 0.717) is 17.7 Å². The molecule has 0 unspecified atom stereocenters. The summed E-state index contributed by atoms with van der Waals surface area (Å²) >= 11 is 12.8. The molecule has 5 rings (SSSR count). The van der Waals surface area contributed by atoms with E-state index >= 15 is 4.39 Å². The van der Waals surface area contributed by atoms with Gasteiger partial charge in [-0.3, -0.25) is 9.78 Å². The summed E-state index contributed by atoms with van der Waals surface area (Å²) in [5, 5.41) is 23.0. The average molecular weight is 541 g/mol. The molecular weight excluding hydrogens is 526 g/mol. The molecule has 3 heterocycles. The number of benzene rings is 2. The number of H-pyrrole nitrogens is 2. The van der Waals surface area contributed by atoms with Crippen molar-refractivity contribution in [3.8, 4) is 29.3 Å². The predicted octanol–water partition coefficient (Wildman–Crippen LogP) is 4.19. The fourth-order valence-corrected chi connectivity index (χ4v) is 4.97. The standard InChI is InChI=1S/C24H15Cl2FN6O4/c1-24(2)9-36-8-16-19(24)18-11(6-28)17(5-14(27)20(18)30-16)37-21-12(25)3-10(4-13(21)26)33-23(35)31-22(34)15(7-29)32-33/h3-5,30H,8-9H2,1-2H3,(H,31,34,35). The molecule has 0 atom stereocenters. The van der Waals surface area contributed by atoms with Crippen molar-refractivity contribution in [1.29, 1.82) is 10.5 Å². The largest absolute Gasteiger partial charge is 0.453 e. The van der Waals surface area contributed by atoms with Crippen LogP contribution in [0.2, 0.25) is 10.0 Å². The fraction of sp³-hybridized carbons (Fsp3) is 0.208. The molecule has 0 bridgehead atoms. The topological polar surface area (TPSA) is 150 Å². The lowest BCUT2D eigenvalue weighted by atomic mass is 9.81. The molecule has 2 aromatic heterocycles. The van der Waals surface area contributed by atoms with Crippen molar-refractivity contribution in [2.45, 2.75) is 25.9 Å². The Balaban J connectivity index is 1.65. The highest BCUT2D eigenvalue weighted by molar-refractivity contribution is 6.37. The van der Waals surface area contributed by atoms with Crippen LogP contribution < -0.4 is 16.0 Å². The third-order valence-electron chi connectivity index (χ3n) is 5.94. The van der Waals surface area contributed by atoms with Gasteiger partial charge in [-0.05, 0) is 17.7 Å². The minimum Gasteiger partial charge on any atom is -0.453 e. The van der Waals surface area contributed by atoms with Gasteiger partial charge in [0.2, 0.25) is 5.69 Å². The Morgan fingerprint density at radius 3 is 2.51 bits per heavy atom. The normalized spacial score (nSPS) is 14.1. The van der Waals surface area contributed by atoms with Gasteiger partial charge >= 0.3 is 5.69 Å². The minimum absolute atomic E-state index is 0.0312. The molecule has 0 radical (unpaired) electrons. The number of nitriles is 2. The van der Waals surface area contributed by atoms with Crippen LogP contribution in [0, 0.1) is 28.5 Å². The van der Waals surface area contributed by atoms with Crippen molar-refractivity contribution >= 4 is 34.1 Å². The number of ether oxygens (including phenoxy) is 2. The van der Waals surface area contributed by atoms with Crippen molar-refractivity contribution < 1.29 is 13.9 Å². The molecule has 37 heavy (non-hydrogen) atoms. The van der Waals surface area contributed by atoms with Gasteiger partial charge in [0.1, 0.15) is 23.5 Å². The van der Waals surface area contributed by atoms with Gasteiger partial charge in [0, 0.05) is 22.6 Å². The third-order valence-corrected chi connectivity index (χ3v) is 6.50. The Kier molecular flexibility index (Phi) is 5.80. The Hall–Kier alpha value is -4.16. The first-order valence-electron chi connectivity index (χ1n) is 10.7. The molecule has 186 valence electrons. The number of rotatable bonds is 3. The minimum atomic E-state index is -0.941. The molecule has 2 N–H and O–H groups in total. The fourth-order valence-electron chi connectivity index (χ4n) is 4.42. The van der Waals surface area contributed by atoms with E-state index in [1.807, 2.05) is 18.8 Å². The molecule has 0 aliphatic carbocycles. The molecule has 2 aromatic carbocycles. The van der Waals surface area contributed by atoms with Crippen LogP contribution in [-0.2, 0) is 16.8 Å². The van der Waals surface area contributed by atoms with Crippen LogP contribution in [0.5, 0.6) is 11.5 Å². The summed E-state index contributed by atoms with van der Waals surface area (Å²) in [6.45, 7) is 4.50. The summed E-state index contributed by atoms with van der Waals surface area (Å²) in [7, 11) is 0. The second-order valence-corrected chi connectivity index (χ2v) is 9.74. The van der Waals surface area contributed by atoms with E-state index in [2.05, 4.69) is 16.2 Å². The zero-order valence-electron chi connectivity index (χ0n) is 19.2. The van der Waals surface area contributed by atoms with Crippen molar-refractivity contribution in [2.75, 3.05) is 6.61 Å². The smallest absolute Gasteiger partial charge is 0.349 e. The molecule has 10 nitrogen and oxygen atoms in total. The molecule has 0 saturated heterocycles. The molecule has 4 aromatic rings. The second kappa shape index (κ2) is 8.75. The van der Waals surface area contributed by atoms with E-state index < -0.39 is 28.2 Å². The number of hydrogen-bond donors (Lipinski definition) is 2. The van der Waals surface area contributed by atoms with Crippen LogP contribution in [-0.4, -0.2) is 26.4 Å². The van der Waals surface area contributed by atoms with Crippen molar-refractivity contribution in [3.63, 3.8) is 0 Å². The van der Waals surface area contributed by atoms with E-state index in [0.717, 1.165) is 16.3 Å². The van der Waals surface area contributed by atoms with Gasteiger partial charge in [0.25, 0.3) is 5.56 Å². The van der Waals surface area contributed by atoms with Gasteiger partial charge in [0.15, 0.2) is 11.6 Å². The molecule has 0 fully saturated rings. The molecule has 13 heteroatoms. The maximum Gasteiger partial charge on any atom is 0.349 e. The lowest BCUT2D eigenvalue weighted by Crippen LogP contribution is -2.33. The highest BCUT2D eigenvalue weighted by Crippen LogP contribution is 2.45. The van der Waals surface area contributed by atoms with Gasteiger partial charge in [-0.15, -0.1) is 5.10 Å². The Morgan fingerprint density at radius 1 is 1.16 bits per heavy atom. The maximum absolute atomic E-state index is 15.2. The Morgan fingerprint density at radius 2 is 1.86 bits per heavy atom. The molecule has 1 aliphatic heterocycles. The van der Waals surface area contributed by atoms with E-state index in [-0.39, 0.29) is 44.9 Å². The Labute approximate surface area is 217 Å². The molecule has 0 amide bonds. The lowest BCUT2D eigenvalue weighted by Gasteiger charge is -2.30. The number of halogens is 3. The number of aromatic amines is 2. The second-order valence-electron chi connectivity index (χ2n) is 8.92. The van der Waals surface area contributed by atoms with Crippen LogP contribution in [0.25, 0.3) is 16.6 Å². The average Bonchev–Trinajstić information content (AvgIpc) is 3.23. The van der Waals surface area contributed by atoms with E-state index in [1.54, 1.807) is 6.07 Å². The lowest BCUT2D eigenvalue weighted by molar-refractivity contribution is 0.0630. The summed E-state index contributed by atoms with van der Waals surface area (Å²) in [5.41, 5.74) is -1.19. The number of fused-ring (bicyclic) bond motifs is 3. The number of nitrogens with zero attached hydrogens (tertiary/aromatic N) is 4. The summed E-state index contributed by atoms with van der Waals surface area (Å²) in [6, 6.07) is 7.27. The van der Waals surface area contributed by atoms with Gasteiger partial charge in [-0.1, -0.05) is 37.0 Å². The quantitative estimate of drug-likeness (QED) is 0.395. The van der Waals surface area contributed by atoms with Gasteiger partial charge < -0.3 is 14.5 Å². The zero-order chi connectivity index (χ0) is 26.6. The third kappa shape index (κ3) is 3.94. The summed E-state index contributed by atoms with van der Waals surface area (Å²) in [6.07, 6.45) is 0. The SMILES string of the molecule is CC1(C)COCc2[nH]c3c(F)cc(Oc4c(Cl)cc(-n5nc(C#N)c(=O)[nH]c5=O)cc4Cl)c(C#N)c3c21. The number of aromatic nitrogens is 4. The molecular formula is C24H15Cl2FN6O4. The number of nitrogens with one attached hydrogen (secondary N) is 2. The summed E-state index contributed by atoms with van der Waals surface area (Å²) in [5.74, 6) is -0.863. The maximum atomic E-state index is 15.2. The highest BCUT2D eigenvalue weighted by Gasteiger charge is 2.35. The van der Waals surface area contributed by atoms with Crippen LogP contribution in [0.1, 0.15) is 36.4 Å². The Bertz CT molecular complexity index is 1800. The highest BCUT2D eigenvalue weighted by atomic mass is 35.5. The van der Waals surface area contributed by atoms with Crippen LogP contribution >= 0.6 is 23.2 Å². The number of hydrogen-bond acceptors (Lipinski definition) is 7. The molecule has 1 aliphatic rings. The summed E-state index contributed by atoms with van der Waals surface area (Å²) < 4.78 is 27.4. The van der Waals surface area contributed by atoms with Gasteiger partial charge in [-0.2, -0.15) is 15.2 Å². The zero-order valence-corrected chi connectivity index (χ0v) is 20.7. The summed E-state index contributed by atoms with van der Waals surface area (Å²) in [4.78, 5) is 28.9. The van der Waals surface area contributed by atoms with Crippen LogP contribution in [0.15, 0.2) is 27.8 Å². The molecule has 0 saturated carbocycles. The van der Waals surface area contributed by atoms with Gasteiger partial charge in [-0.25, -0.2) is 9.18 Å². The van der Waals surface area contributed by atoms with Crippen molar-refractivity contribution in [3.05, 3.63) is 77.4 Å². The first kappa shape index (κ1) is 24.5. The first-order chi connectivity index (χ1) is 17.6. The predicted molar refractivity (Wildman–Crippen MR) is 131 cm³/mol. The van der Waals surface area contributed by atoms with E-state index in [9.17, 15) is 14.9 Å². The van der Waals surface area contributed by atoms with Crippen molar-refractivity contribution in [1.82, 2.24) is 19.7 Å². The van der Waals surface area contributed by atoms with Crippen LogP contribution in [0.3, 0.4) is 0 Å². The first-order valence-corrected chi connectivity index (χ1v) is 11.5. The molecule has 0 spiro atoms. The van der Waals surface area contributed by atoms with Crippen LogP contribution in [0.4, 0.5) is 4.39 Å². The van der Waals surface area contributed by atoms with Crippen molar-refractivity contribution in [2.24, 2.45) is 0 Å². The van der Waals surface area contributed by atoms with E-state index in [4.69, 9.17) is 37.9 Å².